The lowest BCUT2D eigenvalue weighted by atomic mass is 10.0. The van der Waals surface area contributed by atoms with Crippen molar-refractivity contribution in [3.05, 3.63) is 78.2 Å². The van der Waals surface area contributed by atoms with Gasteiger partial charge in [0.05, 0.1) is 7.11 Å². The smallest absolute Gasteiger partial charge is 0.225 e. The summed E-state index contributed by atoms with van der Waals surface area (Å²) in [4.78, 5) is 19.9. The highest BCUT2D eigenvalue weighted by Gasteiger charge is 2.16. The van der Waals surface area contributed by atoms with Crippen molar-refractivity contribution in [1.29, 1.82) is 0 Å². The van der Waals surface area contributed by atoms with E-state index in [-0.39, 0.29) is 18.1 Å². The topological polar surface area (TPSA) is 67.0 Å². The molecule has 0 aliphatic carbocycles. The van der Waals surface area contributed by atoms with Crippen molar-refractivity contribution in [3.63, 3.8) is 0 Å². The number of carbonyl (C=O) groups excluding carboxylic acids is 1. The maximum Gasteiger partial charge on any atom is 0.225 e. The summed E-state index contributed by atoms with van der Waals surface area (Å²) in [6.45, 7) is 0. The van der Waals surface area contributed by atoms with Crippen LogP contribution in [-0.2, 0) is 11.2 Å². The first-order chi connectivity index (χ1) is 14.1. The van der Waals surface area contributed by atoms with E-state index in [2.05, 4.69) is 15.3 Å². The second kappa shape index (κ2) is 8.14. The number of methoxy groups -OCH3 is 1. The summed E-state index contributed by atoms with van der Waals surface area (Å²) >= 11 is 0. The molecule has 0 atom stereocenters. The quantitative estimate of drug-likeness (QED) is 0.490. The van der Waals surface area contributed by atoms with Gasteiger partial charge in [-0.2, -0.15) is 0 Å². The van der Waals surface area contributed by atoms with E-state index in [1.807, 2.05) is 30.3 Å². The molecule has 0 radical (unpaired) electrons. The first-order valence-electron chi connectivity index (χ1n) is 9.29. The van der Waals surface area contributed by atoms with Crippen LogP contribution in [0, 0.1) is 5.82 Å². The van der Waals surface area contributed by atoms with Gasteiger partial charge in [-0.3, -0.25) is 4.79 Å². The Labute approximate surface area is 167 Å². The van der Waals surface area contributed by atoms with Crippen LogP contribution in [0.4, 0.5) is 10.2 Å². The molecule has 6 heteroatoms. The lowest BCUT2D eigenvalue weighted by molar-refractivity contribution is -0.116. The van der Waals surface area contributed by atoms with Gasteiger partial charge in [0, 0.05) is 29.2 Å². The molecule has 0 bridgehead atoms. The van der Waals surface area contributed by atoms with Crippen LogP contribution < -0.4 is 10.1 Å². The van der Waals surface area contributed by atoms with E-state index in [1.165, 1.54) is 12.1 Å². The van der Waals surface area contributed by atoms with Gasteiger partial charge in [0.2, 0.25) is 5.91 Å². The number of aryl methyl sites for hydroxylation is 1. The Morgan fingerprint density at radius 3 is 2.69 bits per heavy atom. The maximum absolute atomic E-state index is 13.9. The Kier molecular flexibility index (Phi) is 5.24. The normalized spacial score (nSPS) is 10.8. The number of halogens is 1. The zero-order chi connectivity index (χ0) is 20.2. The summed E-state index contributed by atoms with van der Waals surface area (Å²) in [7, 11) is 1.62. The summed E-state index contributed by atoms with van der Waals surface area (Å²) in [6.07, 6.45) is 2.34. The molecule has 0 fully saturated rings. The fourth-order valence-corrected chi connectivity index (χ4v) is 3.36. The molecule has 4 aromatic rings. The van der Waals surface area contributed by atoms with Crippen LogP contribution in [0.2, 0.25) is 0 Å². The lowest BCUT2D eigenvalue weighted by Gasteiger charge is -2.07. The van der Waals surface area contributed by atoms with Crippen LogP contribution in [0.15, 0.2) is 66.9 Å². The minimum absolute atomic E-state index is 0.143. The molecule has 0 saturated carbocycles. The fourth-order valence-electron chi connectivity index (χ4n) is 3.36. The average molecular weight is 389 g/mol. The molecule has 0 aliphatic rings. The third kappa shape index (κ3) is 4.11. The molecule has 146 valence electrons. The molecule has 2 N–H and O–H groups in total. The average Bonchev–Trinajstić information content (AvgIpc) is 3.10. The van der Waals surface area contributed by atoms with E-state index >= 15 is 0 Å². The van der Waals surface area contributed by atoms with Crippen LogP contribution in [-0.4, -0.2) is 23.0 Å². The summed E-state index contributed by atoms with van der Waals surface area (Å²) in [5.74, 6) is 0.817. The predicted octanol–water partition coefficient (Wildman–Crippen LogP) is 4.95. The van der Waals surface area contributed by atoms with Crippen molar-refractivity contribution < 1.29 is 13.9 Å². The van der Waals surface area contributed by atoms with Crippen molar-refractivity contribution in [2.75, 3.05) is 12.4 Å². The molecule has 1 amide bonds. The maximum atomic E-state index is 13.9. The summed E-state index contributed by atoms with van der Waals surface area (Å²) in [6, 6.07) is 17.6. The van der Waals surface area contributed by atoms with E-state index in [4.69, 9.17) is 4.74 Å². The van der Waals surface area contributed by atoms with Crippen LogP contribution in [0.25, 0.3) is 22.2 Å². The van der Waals surface area contributed by atoms with Crippen molar-refractivity contribution in [3.8, 4) is 17.0 Å². The molecular formula is C23H20FN3O2. The lowest BCUT2D eigenvalue weighted by Crippen LogP contribution is -2.13. The number of carbonyl (C=O) groups is 1. The second-order valence-electron chi connectivity index (χ2n) is 6.66. The third-order valence-corrected chi connectivity index (χ3v) is 4.78. The van der Waals surface area contributed by atoms with Crippen molar-refractivity contribution in [2.24, 2.45) is 0 Å². The zero-order valence-corrected chi connectivity index (χ0v) is 15.9. The largest absolute Gasteiger partial charge is 0.497 e. The standard InChI is InChI=1S/C23H20FN3O2/c1-29-17-8-5-15(6-9-17)23-18(19-14-16(24)7-11-20(19)26-23)10-12-22(28)27-21-4-2-3-13-25-21/h2-9,11,13-14,26H,10,12H2,1H3,(H,25,27,28). The Morgan fingerprint density at radius 2 is 1.97 bits per heavy atom. The Morgan fingerprint density at radius 1 is 1.14 bits per heavy atom. The molecule has 0 aliphatic heterocycles. The Balaban J connectivity index is 1.64. The van der Waals surface area contributed by atoms with E-state index < -0.39 is 0 Å². The molecule has 0 unspecified atom stereocenters. The number of fused-ring (bicyclic) bond motifs is 1. The number of amides is 1. The molecule has 0 saturated heterocycles. The molecule has 2 aromatic heterocycles. The Hall–Kier alpha value is -3.67. The van der Waals surface area contributed by atoms with E-state index in [9.17, 15) is 9.18 Å². The monoisotopic (exact) mass is 389 g/mol. The van der Waals surface area contributed by atoms with Gasteiger partial charge in [-0.05, 0) is 72.1 Å². The second-order valence-corrected chi connectivity index (χ2v) is 6.66. The van der Waals surface area contributed by atoms with E-state index in [0.29, 0.717) is 12.2 Å². The van der Waals surface area contributed by atoms with Crippen molar-refractivity contribution in [2.45, 2.75) is 12.8 Å². The van der Waals surface area contributed by atoms with Gasteiger partial charge in [0.1, 0.15) is 17.4 Å². The van der Waals surface area contributed by atoms with Crippen LogP contribution in [0.1, 0.15) is 12.0 Å². The SMILES string of the molecule is COc1ccc(-c2[nH]c3ccc(F)cc3c2CCC(=O)Nc2ccccn2)cc1. The number of aromatic amines is 1. The number of ether oxygens (including phenoxy) is 1. The number of nitrogens with one attached hydrogen (secondary N) is 2. The number of pyridine rings is 1. The van der Waals surface area contributed by atoms with Crippen LogP contribution in [0.5, 0.6) is 5.75 Å². The van der Waals surface area contributed by atoms with Gasteiger partial charge in [-0.25, -0.2) is 9.37 Å². The molecule has 0 spiro atoms. The third-order valence-electron chi connectivity index (χ3n) is 4.78. The van der Waals surface area contributed by atoms with Gasteiger partial charge in [0.25, 0.3) is 0 Å². The molecule has 2 aromatic carbocycles. The van der Waals surface area contributed by atoms with Gasteiger partial charge < -0.3 is 15.0 Å². The van der Waals surface area contributed by atoms with Gasteiger partial charge in [-0.15, -0.1) is 0 Å². The van der Waals surface area contributed by atoms with E-state index in [1.54, 1.807) is 31.5 Å². The molecular weight excluding hydrogens is 369 g/mol. The highest BCUT2D eigenvalue weighted by atomic mass is 19.1. The number of rotatable bonds is 6. The number of nitrogens with zero attached hydrogens (tertiary/aromatic N) is 1. The number of aromatic nitrogens is 2. The molecule has 4 rings (SSSR count). The van der Waals surface area contributed by atoms with Crippen molar-refractivity contribution in [1.82, 2.24) is 9.97 Å². The van der Waals surface area contributed by atoms with Crippen LogP contribution >= 0.6 is 0 Å². The number of hydrogen-bond donors (Lipinski definition) is 2. The highest BCUT2D eigenvalue weighted by molar-refractivity contribution is 5.93. The number of hydrogen-bond acceptors (Lipinski definition) is 3. The Bertz CT molecular complexity index is 1140. The first-order valence-corrected chi connectivity index (χ1v) is 9.29. The van der Waals surface area contributed by atoms with E-state index in [0.717, 1.165) is 33.5 Å². The number of benzene rings is 2. The molecule has 29 heavy (non-hydrogen) atoms. The minimum Gasteiger partial charge on any atom is -0.497 e. The number of anilines is 1. The highest BCUT2D eigenvalue weighted by Crippen LogP contribution is 2.32. The van der Waals surface area contributed by atoms with Gasteiger partial charge in [-0.1, -0.05) is 6.07 Å². The van der Waals surface area contributed by atoms with Gasteiger partial charge in [0.15, 0.2) is 0 Å². The molecule has 5 nitrogen and oxygen atoms in total. The summed E-state index contributed by atoms with van der Waals surface area (Å²) in [5.41, 5.74) is 3.56. The number of H-pyrrole nitrogens is 1. The van der Waals surface area contributed by atoms with Crippen molar-refractivity contribution >= 4 is 22.6 Å². The fraction of sp³-hybridized carbons (Fsp3) is 0.130. The summed E-state index contributed by atoms with van der Waals surface area (Å²) < 4.78 is 19.1. The van der Waals surface area contributed by atoms with Gasteiger partial charge >= 0.3 is 0 Å². The van der Waals surface area contributed by atoms with Crippen LogP contribution in [0.3, 0.4) is 0 Å². The minimum atomic E-state index is -0.308. The predicted molar refractivity (Wildman–Crippen MR) is 111 cm³/mol. The molecule has 2 heterocycles. The first kappa shape index (κ1) is 18.7. The zero-order valence-electron chi connectivity index (χ0n) is 15.9. The summed E-state index contributed by atoms with van der Waals surface area (Å²) in [5, 5.41) is 3.57.